The van der Waals surface area contributed by atoms with Crippen molar-refractivity contribution in [2.24, 2.45) is 0 Å². The van der Waals surface area contributed by atoms with Gasteiger partial charge in [-0.3, -0.25) is 9.59 Å². The number of benzene rings is 1. The zero-order chi connectivity index (χ0) is 15.4. The molecule has 0 atom stereocenters. The van der Waals surface area contributed by atoms with Crippen LogP contribution in [-0.4, -0.2) is 26.6 Å². The van der Waals surface area contributed by atoms with E-state index in [1.54, 1.807) is 24.3 Å². The van der Waals surface area contributed by atoms with Gasteiger partial charge < -0.3 is 10.4 Å². The van der Waals surface area contributed by atoms with Crippen molar-refractivity contribution in [3.63, 3.8) is 0 Å². The summed E-state index contributed by atoms with van der Waals surface area (Å²) in [7, 11) is 0. The molecule has 0 radical (unpaired) electrons. The molecule has 2 aromatic rings. The number of rotatable bonds is 5. The molecule has 6 nitrogen and oxygen atoms in total. The molecule has 0 spiro atoms. The first-order valence-electron chi connectivity index (χ1n) is 6.42. The molecule has 0 fully saturated rings. The molecule has 1 heterocycles. The van der Waals surface area contributed by atoms with E-state index in [0.717, 1.165) is 11.5 Å². The van der Waals surface area contributed by atoms with Crippen LogP contribution in [-0.2, 0) is 11.2 Å². The summed E-state index contributed by atoms with van der Waals surface area (Å²) < 4.78 is 3.81. The number of aliphatic carboxylic acids is 1. The fourth-order valence-corrected chi connectivity index (χ4v) is 2.59. The summed E-state index contributed by atoms with van der Waals surface area (Å²) >= 11 is 1.04. The predicted octanol–water partition coefficient (Wildman–Crippen LogP) is 2.54. The number of aromatic nitrogens is 2. The molecule has 0 aliphatic carbocycles. The van der Waals surface area contributed by atoms with Crippen LogP contribution >= 0.6 is 11.5 Å². The first-order valence-corrected chi connectivity index (χ1v) is 7.19. The van der Waals surface area contributed by atoms with Gasteiger partial charge in [-0.05, 0) is 29.1 Å². The minimum atomic E-state index is -0.945. The van der Waals surface area contributed by atoms with Crippen LogP contribution in [0.1, 0.15) is 40.7 Å². The summed E-state index contributed by atoms with van der Waals surface area (Å²) in [5.74, 6) is -1.16. The van der Waals surface area contributed by atoms with Crippen molar-refractivity contribution in [1.29, 1.82) is 0 Å². The maximum atomic E-state index is 12.3. The lowest BCUT2D eigenvalue weighted by Gasteiger charge is -2.09. The number of carbonyl (C=O) groups excluding carboxylic acids is 1. The van der Waals surface area contributed by atoms with E-state index in [1.807, 2.05) is 13.8 Å². The van der Waals surface area contributed by atoms with Crippen molar-refractivity contribution >= 4 is 29.1 Å². The molecular weight excluding hydrogens is 290 g/mol. The van der Waals surface area contributed by atoms with E-state index in [4.69, 9.17) is 5.11 Å². The molecule has 21 heavy (non-hydrogen) atoms. The second-order valence-electron chi connectivity index (χ2n) is 4.82. The normalized spacial score (nSPS) is 10.6. The van der Waals surface area contributed by atoms with E-state index in [-0.39, 0.29) is 18.2 Å². The van der Waals surface area contributed by atoms with Crippen molar-refractivity contribution in [3.05, 3.63) is 40.4 Å². The number of hydrogen-bond acceptors (Lipinski definition) is 5. The first kappa shape index (κ1) is 15.1. The minimum absolute atomic E-state index is 0.0961. The van der Waals surface area contributed by atoms with E-state index in [9.17, 15) is 9.59 Å². The Labute approximate surface area is 126 Å². The molecule has 0 unspecified atom stereocenters. The summed E-state index contributed by atoms with van der Waals surface area (Å²) in [5.41, 5.74) is 1.70. The van der Waals surface area contributed by atoms with Crippen LogP contribution < -0.4 is 5.32 Å². The molecule has 0 aliphatic heterocycles. The fourth-order valence-electron chi connectivity index (χ4n) is 1.87. The second kappa shape index (κ2) is 6.45. The summed E-state index contributed by atoms with van der Waals surface area (Å²) in [6.45, 7) is 3.87. The summed E-state index contributed by atoms with van der Waals surface area (Å²) in [5, 5.41) is 15.6. The maximum absolute atomic E-state index is 12.3. The molecule has 2 rings (SSSR count). The number of carboxylic acids is 1. The fraction of sp³-hybridized carbons (Fsp3) is 0.286. The third-order valence-electron chi connectivity index (χ3n) is 2.87. The van der Waals surface area contributed by atoms with Crippen molar-refractivity contribution in [3.8, 4) is 0 Å². The standard InChI is InChI=1S/C14H15N3O3S/c1-8(2)12-13(21-17-16-12)14(20)15-10-6-4-3-5-9(10)7-11(18)19/h3-6,8H,7H2,1-2H3,(H,15,20)(H,18,19). The Morgan fingerprint density at radius 1 is 1.33 bits per heavy atom. The molecular formula is C14H15N3O3S. The van der Waals surface area contributed by atoms with Gasteiger partial charge >= 0.3 is 5.97 Å². The Balaban J connectivity index is 2.24. The highest BCUT2D eigenvalue weighted by Gasteiger charge is 2.19. The molecule has 110 valence electrons. The quantitative estimate of drug-likeness (QED) is 0.885. The lowest BCUT2D eigenvalue weighted by molar-refractivity contribution is -0.136. The van der Waals surface area contributed by atoms with Gasteiger partial charge in [0.2, 0.25) is 0 Å². The highest BCUT2D eigenvalue weighted by Crippen LogP contribution is 2.22. The molecule has 1 aromatic carbocycles. The Morgan fingerprint density at radius 3 is 2.71 bits per heavy atom. The van der Waals surface area contributed by atoms with Crippen LogP contribution in [0.4, 0.5) is 5.69 Å². The van der Waals surface area contributed by atoms with Crippen LogP contribution in [0.25, 0.3) is 0 Å². The largest absolute Gasteiger partial charge is 0.481 e. The zero-order valence-electron chi connectivity index (χ0n) is 11.7. The highest BCUT2D eigenvalue weighted by molar-refractivity contribution is 7.08. The van der Waals surface area contributed by atoms with Crippen molar-refractivity contribution in [2.45, 2.75) is 26.2 Å². The topological polar surface area (TPSA) is 92.2 Å². The maximum Gasteiger partial charge on any atom is 0.307 e. The van der Waals surface area contributed by atoms with E-state index < -0.39 is 5.97 Å². The average molecular weight is 305 g/mol. The van der Waals surface area contributed by atoms with Crippen LogP contribution in [0, 0.1) is 0 Å². The van der Waals surface area contributed by atoms with Gasteiger partial charge in [0.15, 0.2) is 0 Å². The van der Waals surface area contributed by atoms with Gasteiger partial charge in [-0.1, -0.05) is 36.5 Å². The molecule has 0 aliphatic rings. The van der Waals surface area contributed by atoms with Crippen LogP contribution in [0.2, 0.25) is 0 Å². The van der Waals surface area contributed by atoms with Gasteiger partial charge in [-0.2, -0.15) is 0 Å². The Bertz CT molecular complexity index is 667. The molecule has 0 saturated carbocycles. The highest BCUT2D eigenvalue weighted by atomic mass is 32.1. The minimum Gasteiger partial charge on any atom is -0.481 e. The number of para-hydroxylation sites is 1. The number of amides is 1. The molecule has 0 bridgehead atoms. The van der Waals surface area contributed by atoms with E-state index in [2.05, 4.69) is 14.9 Å². The number of nitrogens with zero attached hydrogens (tertiary/aromatic N) is 2. The average Bonchev–Trinajstić information content (AvgIpc) is 2.90. The smallest absolute Gasteiger partial charge is 0.307 e. The molecule has 1 amide bonds. The van der Waals surface area contributed by atoms with Crippen molar-refractivity contribution in [1.82, 2.24) is 9.59 Å². The summed E-state index contributed by atoms with van der Waals surface area (Å²) in [4.78, 5) is 23.6. The van der Waals surface area contributed by atoms with Crippen molar-refractivity contribution < 1.29 is 14.7 Å². The molecule has 7 heteroatoms. The molecule has 2 N–H and O–H groups in total. The van der Waals surface area contributed by atoms with Crippen LogP contribution in [0.15, 0.2) is 24.3 Å². The van der Waals surface area contributed by atoms with Crippen LogP contribution in [0.3, 0.4) is 0 Å². The number of carboxylic acid groups (broad SMARTS) is 1. The van der Waals surface area contributed by atoms with Gasteiger partial charge in [0.1, 0.15) is 4.88 Å². The van der Waals surface area contributed by atoms with Gasteiger partial charge in [0.25, 0.3) is 5.91 Å². The van der Waals surface area contributed by atoms with Gasteiger partial charge in [-0.25, -0.2) is 0 Å². The van der Waals surface area contributed by atoms with Gasteiger partial charge in [0, 0.05) is 5.69 Å². The van der Waals surface area contributed by atoms with Crippen molar-refractivity contribution in [2.75, 3.05) is 5.32 Å². The number of carbonyl (C=O) groups is 2. The van der Waals surface area contributed by atoms with Gasteiger partial charge in [-0.15, -0.1) is 5.10 Å². The zero-order valence-corrected chi connectivity index (χ0v) is 12.5. The van der Waals surface area contributed by atoms with Crippen LogP contribution in [0.5, 0.6) is 0 Å². The van der Waals surface area contributed by atoms with E-state index >= 15 is 0 Å². The Hall–Kier alpha value is -2.28. The predicted molar refractivity (Wildman–Crippen MR) is 79.7 cm³/mol. The second-order valence-corrected chi connectivity index (χ2v) is 5.58. The number of anilines is 1. The Morgan fingerprint density at radius 2 is 2.05 bits per heavy atom. The summed E-state index contributed by atoms with van der Waals surface area (Å²) in [6.07, 6.45) is -0.144. The SMILES string of the molecule is CC(C)c1nnsc1C(=O)Nc1ccccc1CC(=O)O. The third kappa shape index (κ3) is 3.63. The summed E-state index contributed by atoms with van der Waals surface area (Å²) in [6, 6.07) is 6.84. The monoisotopic (exact) mass is 305 g/mol. The molecule has 0 saturated heterocycles. The third-order valence-corrected chi connectivity index (χ3v) is 3.61. The lowest BCUT2D eigenvalue weighted by Crippen LogP contribution is -2.15. The number of nitrogens with one attached hydrogen (secondary N) is 1. The molecule has 1 aromatic heterocycles. The van der Waals surface area contributed by atoms with Gasteiger partial charge in [0.05, 0.1) is 12.1 Å². The van der Waals surface area contributed by atoms with E-state index in [0.29, 0.717) is 21.8 Å². The number of hydrogen-bond donors (Lipinski definition) is 2. The lowest BCUT2D eigenvalue weighted by atomic mass is 10.1. The first-order chi connectivity index (χ1) is 9.99. The Kier molecular flexibility index (Phi) is 4.64. The van der Waals surface area contributed by atoms with E-state index in [1.165, 1.54) is 0 Å².